The number of rotatable bonds is 5. The van der Waals surface area contributed by atoms with E-state index in [4.69, 9.17) is 13.6 Å². The fraction of sp³-hybridized carbons (Fsp3) is 0.263. The lowest BCUT2D eigenvalue weighted by molar-refractivity contribution is -0.155. The number of aromatic nitrogens is 2. The Balaban J connectivity index is 1.41. The van der Waals surface area contributed by atoms with E-state index >= 15 is 0 Å². The van der Waals surface area contributed by atoms with Crippen molar-refractivity contribution in [2.75, 3.05) is 5.75 Å². The smallest absolute Gasteiger partial charge is 0.330 e. The molecule has 28 heavy (non-hydrogen) atoms. The van der Waals surface area contributed by atoms with E-state index in [1.54, 1.807) is 18.4 Å². The van der Waals surface area contributed by atoms with E-state index in [1.807, 2.05) is 30.3 Å². The molecule has 0 N–H and O–H groups in total. The quantitative estimate of drug-likeness (QED) is 0.604. The van der Waals surface area contributed by atoms with Gasteiger partial charge in [-0.15, -0.1) is 22.0 Å². The summed E-state index contributed by atoms with van der Waals surface area (Å²) in [5, 5.41) is 7.52. The van der Waals surface area contributed by atoms with Gasteiger partial charge < -0.3 is 18.5 Å². The summed E-state index contributed by atoms with van der Waals surface area (Å²) >= 11 is 1.46. The molecule has 2 aromatic heterocycles. The molecular weight excluding hydrogens is 382 g/mol. The molecule has 0 radical (unpaired) electrons. The van der Waals surface area contributed by atoms with E-state index in [0.29, 0.717) is 17.4 Å². The zero-order valence-corrected chi connectivity index (χ0v) is 15.8. The average molecular weight is 399 g/mol. The second kappa shape index (κ2) is 7.89. The van der Waals surface area contributed by atoms with Crippen molar-refractivity contribution >= 4 is 23.6 Å². The predicted octanol–water partition coefficient (Wildman–Crippen LogP) is 3.04. The second-order valence-corrected chi connectivity index (χ2v) is 7.23. The molecule has 1 aromatic carbocycles. The first-order chi connectivity index (χ1) is 13.6. The second-order valence-electron chi connectivity index (χ2n) is 6.12. The van der Waals surface area contributed by atoms with Crippen LogP contribution in [0.25, 0.3) is 11.5 Å². The third-order valence-electron chi connectivity index (χ3n) is 4.25. The first-order valence-electron chi connectivity index (χ1n) is 8.62. The summed E-state index contributed by atoms with van der Waals surface area (Å²) in [6, 6.07) is 12.1. The molecule has 0 bridgehead atoms. The molecule has 144 valence electrons. The van der Waals surface area contributed by atoms with Crippen molar-refractivity contribution in [3.63, 3.8) is 0 Å². The Hall–Kier alpha value is -3.07. The number of amides is 1. The van der Waals surface area contributed by atoms with Gasteiger partial charge in [0.25, 0.3) is 5.89 Å². The summed E-state index contributed by atoms with van der Waals surface area (Å²) in [7, 11) is 0. The van der Waals surface area contributed by atoms with Crippen molar-refractivity contribution in [1.82, 2.24) is 15.1 Å². The largest absolute Gasteiger partial charge is 0.466 e. The molecule has 3 heterocycles. The molecular formula is C19H17N3O5S. The topological polar surface area (TPSA) is 98.7 Å². The molecule has 8 nitrogen and oxygen atoms in total. The molecule has 1 aliphatic rings. The summed E-state index contributed by atoms with van der Waals surface area (Å²) in [5.74, 6) is 0.845. The van der Waals surface area contributed by atoms with Crippen LogP contribution in [0.2, 0.25) is 0 Å². The maximum atomic E-state index is 12.6. The highest BCUT2D eigenvalue weighted by atomic mass is 32.2. The van der Waals surface area contributed by atoms with Gasteiger partial charge >= 0.3 is 5.97 Å². The fourth-order valence-electron chi connectivity index (χ4n) is 2.96. The van der Waals surface area contributed by atoms with Crippen LogP contribution in [0.5, 0.6) is 0 Å². The number of thioether (sulfide) groups is 1. The number of furan rings is 1. The Morgan fingerprint density at radius 2 is 2.04 bits per heavy atom. The van der Waals surface area contributed by atoms with Crippen LogP contribution in [-0.2, 0) is 20.9 Å². The van der Waals surface area contributed by atoms with Crippen molar-refractivity contribution in [1.29, 1.82) is 0 Å². The van der Waals surface area contributed by atoms with Gasteiger partial charge in [0.05, 0.1) is 6.26 Å². The molecule has 1 amide bonds. The summed E-state index contributed by atoms with van der Waals surface area (Å²) in [5.41, 5.74) is 0.781. The van der Waals surface area contributed by atoms with E-state index in [9.17, 15) is 9.59 Å². The Kier molecular flexibility index (Phi) is 5.16. The fourth-order valence-corrected chi connectivity index (χ4v) is 4.38. The normalized spacial score (nSPS) is 19.0. The minimum absolute atomic E-state index is 0.156. The third kappa shape index (κ3) is 3.65. The van der Waals surface area contributed by atoms with Crippen LogP contribution >= 0.6 is 11.8 Å². The Morgan fingerprint density at radius 3 is 2.75 bits per heavy atom. The Morgan fingerprint density at radius 1 is 1.21 bits per heavy atom. The van der Waals surface area contributed by atoms with Gasteiger partial charge in [-0.3, -0.25) is 4.79 Å². The lowest BCUT2D eigenvalue weighted by Crippen LogP contribution is -2.42. The maximum Gasteiger partial charge on any atom is 0.330 e. The molecule has 0 aliphatic carbocycles. The average Bonchev–Trinajstić information content (AvgIpc) is 3.46. The Labute approximate surface area is 164 Å². The number of nitrogens with zero attached hydrogens (tertiary/aromatic N) is 3. The van der Waals surface area contributed by atoms with Crippen molar-refractivity contribution in [2.24, 2.45) is 0 Å². The molecule has 1 saturated heterocycles. The highest BCUT2D eigenvalue weighted by molar-refractivity contribution is 7.99. The number of benzene rings is 1. The molecule has 4 rings (SSSR count). The molecule has 2 atom stereocenters. The molecule has 1 fully saturated rings. The molecule has 9 heteroatoms. The lowest BCUT2D eigenvalue weighted by Gasteiger charge is -2.25. The molecule has 0 unspecified atom stereocenters. The number of hydrogen-bond donors (Lipinski definition) is 0. The van der Waals surface area contributed by atoms with Crippen molar-refractivity contribution in [2.45, 2.75) is 24.9 Å². The van der Waals surface area contributed by atoms with E-state index < -0.39 is 12.0 Å². The van der Waals surface area contributed by atoms with Crippen LogP contribution in [0.4, 0.5) is 0 Å². The van der Waals surface area contributed by atoms with Gasteiger partial charge in [0, 0.05) is 18.2 Å². The minimum Gasteiger partial charge on any atom is -0.466 e. The zero-order chi connectivity index (χ0) is 19.5. The van der Waals surface area contributed by atoms with Crippen molar-refractivity contribution in [3.8, 4) is 11.5 Å². The first-order valence-corrected chi connectivity index (χ1v) is 9.66. The van der Waals surface area contributed by atoms with Crippen LogP contribution < -0.4 is 0 Å². The predicted molar refractivity (Wildman–Crippen MR) is 99.7 cm³/mol. The van der Waals surface area contributed by atoms with E-state index in [-0.39, 0.29) is 23.8 Å². The van der Waals surface area contributed by atoms with Crippen LogP contribution in [0.15, 0.2) is 57.6 Å². The number of carbonyl (C=O) groups is 2. The Bertz CT molecular complexity index is 957. The summed E-state index contributed by atoms with van der Waals surface area (Å²) in [4.78, 5) is 26.2. The molecule has 1 aliphatic heterocycles. The van der Waals surface area contributed by atoms with Crippen LogP contribution in [0, 0.1) is 0 Å². The molecule has 3 aromatic rings. The first kappa shape index (κ1) is 18.3. The van der Waals surface area contributed by atoms with Crippen molar-refractivity contribution in [3.05, 3.63) is 60.4 Å². The van der Waals surface area contributed by atoms with Gasteiger partial charge in [-0.1, -0.05) is 18.2 Å². The lowest BCUT2D eigenvalue weighted by atomic mass is 10.2. The van der Waals surface area contributed by atoms with Gasteiger partial charge in [-0.05, 0) is 24.3 Å². The highest BCUT2D eigenvalue weighted by Crippen LogP contribution is 2.41. The van der Waals surface area contributed by atoms with Gasteiger partial charge in [-0.25, -0.2) is 4.79 Å². The highest BCUT2D eigenvalue weighted by Gasteiger charge is 2.43. The summed E-state index contributed by atoms with van der Waals surface area (Å²) in [6.07, 6.45) is 1.54. The zero-order valence-electron chi connectivity index (χ0n) is 15.0. The SMILES string of the molecule is CC(=O)N1[C@@H](C(=O)OCc2nnc(-c3ccccc3)o2)CS[C@@H]1c1ccco1. The van der Waals surface area contributed by atoms with Crippen LogP contribution in [0.1, 0.15) is 23.9 Å². The standard InChI is InChI=1S/C19H17N3O5S/c1-12(23)22-14(11-28-18(22)15-8-5-9-25-15)19(24)26-10-16-20-21-17(27-16)13-6-3-2-4-7-13/h2-9,14,18H,10-11H2,1H3/t14-,18-/m1/s1. The number of esters is 1. The maximum absolute atomic E-state index is 12.6. The summed E-state index contributed by atoms with van der Waals surface area (Å²) in [6.45, 7) is 1.27. The van der Waals surface area contributed by atoms with E-state index in [1.165, 1.54) is 23.6 Å². The van der Waals surface area contributed by atoms with E-state index in [2.05, 4.69) is 10.2 Å². The third-order valence-corrected chi connectivity index (χ3v) is 5.53. The number of hydrogen-bond acceptors (Lipinski definition) is 8. The number of carbonyl (C=O) groups excluding carboxylic acids is 2. The monoisotopic (exact) mass is 399 g/mol. The van der Waals surface area contributed by atoms with Gasteiger partial charge in [0.2, 0.25) is 11.8 Å². The van der Waals surface area contributed by atoms with Crippen molar-refractivity contribution < 1.29 is 23.2 Å². The number of ether oxygens (including phenoxy) is 1. The van der Waals surface area contributed by atoms with Gasteiger partial charge in [0.15, 0.2) is 6.61 Å². The summed E-state index contributed by atoms with van der Waals surface area (Å²) < 4.78 is 16.3. The van der Waals surface area contributed by atoms with Gasteiger partial charge in [-0.2, -0.15) is 0 Å². The molecule has 0 spiro atoms. The minimum atomic E-state index is -0.700. The van der Waals surface area contributed by atoms with Gasteiger partial charge in [0.1, 0.15) is 17.2 Å². The molecule has 0 saturated carbocycles. The van der Waals surface area contributed by atoms with Crippen LogP contribution in [-0.4, -0.2) is 38.8 Å². The van der Waals surface area contributed by atoms with Crippen LogP contribution in [0.3, 0.4) is 0 Å². The van der Waals surface area contributed by atoms with E-state index in [0.717, 1.165) is 5.56 Å².